The van der Waals surface area contributed by atoms with Crippen LogP contribution in [0.5, 0.6) is 0 Å². The molecule has 0 aliphatic heterocycles. The van der Waals surface area contributed by atoms with Gasteiger partial charge < -0.3 is 5.11 Å². The molecule has 0 amide bonds. The summed E-state index contributed by atoms with van der Waals surface area (Å²) in [6, 6.07) is 21.5. The Bertz CT molecular complexity index is 1890. The summed E-state index contributed by atoms with van der Waals surface area (Å²) < 4.78 is 2.42. The van der Waals surface area contributed by atoms with Crippen LogP contribution in [0.3, 0.4) is 0 Å². The Morgan fingerprint density at radius 1 is 0.816 bits per heavy atom. The van der Waals surface area contributed by atoms with Crippen molar-refractivity contribution in [1.82, 2.24) is 9.97 Å². The largest absolute Gasteiger partial charge is 0.512 e. The predicted octanol–water partition coefficient (Wildman–Crippen LogP) is 12.5. The van der Waals surface area contributed by atoms with Crippen LogP contribution in [-0.2, 0) is 37.7 Å². The molecule has 1 radical (unpaired) electrons. The second kappa shape index (κ2) is 17.3. The summed E-state index contributed by atoms with van der Waals surface area (Å²) >= 11 is 1.79. The molecular weight excluding hydrogens is 801 g/mol. The molecule has 0 saturated heterocycles. The van der Waals surface area contributed by atoms with E-state index in [1.54, 1.807) is 17.7 Å². The number of aliphatic hydroxyl groups excluding tert-OH is 1. The first-order valence-electron chi connectivity index (χ1n) is 17.7. The van der Waals surface area contributed by atoms with Gasteiger partial charge in [-0.05, 0) is 61.0 Å². The quantitative estimate of drug-likeness (QED) is 0.0863. The fourth-order valence-electron chi connectivity index (χ4n) is 6.39. The van der Waals surface area contributed by atoms with E-state index in [1.165, 1.54) is 32.7 Å². The molecule has 4 nitrogen and oxygen atoms in total. The normalized spacial score (nSPS) is 12.4. The van der Waals surface area contributed by atoms with Crippen LogP contribution < -0.4 is 0 Å². The van der Waals surface area contributed by atoms with Crippen molar-refractivity contribution in [3.63, 3.8) is 0 Å². The van der Waals surface area contributed by atoms with Crippen LogP contribution in [0.4, 0.5) is 0 Å². The van der Waals surface area contributed by atoms with E-state index in [-0.39, 0.29) is 54.3 Å². The van der Waals surface area contributed by atoms with Crippen molar-refractivity contribution in [3.05, 3.63) is 83.9 Å². The summed E-state index contributed by atoms with van der Waals surface area (Å²) in [6.45, 7) is 21.8. The summed E-state index contributed by atoms with van der Waals surface area (Å²) in [7, 11) is 0. The number of aromatic nitrogens is 2. The minimum Gasteiger partial charge on any atom is -0.512 e. The van der Waals surface area contributed by atoms with E-state index in [4.69, 9.17) is 4.98 Å². The predicted molar refractivity (Wildman–Crippen MR) is 207 cm³/mol. The van der Waals surface area contributed by atoms with Crippen LogP contribution in [-0.4, -0.2) is 20.9 Å². The first kappa shape index (κ1) is 40.5. The van der Waals surface area contributed by atoms with Crippen LogP contribution in [0.15, 0.2) is 66.7 Å². The van der Waals surface area contributed by atoms with Crippen molar-refractivity contribution in [1.29, 1.82) is 0 Å². The standard InChI is InChI=1S/C30H31N2S.C13H24O2.Ir/c1-29(2,3)16-19-7-9-21-10-11-22(15-23(21)13-19)26-28-27(32-18-31-26)24-12-8-20(14-25(24)33-28)17-30(4,5)6;1-5-10(6-2)12(14)9-13(15)11(7-3)8-4;/h7-14,18H,16-17H2,1-6H3;9-11,14H,5-8H2,1-4H3;/q-1;;/b;12-9-;. The molecule has 5 rings (SSSR count). The molecule has 1 N–H and O–H groups in total. The van der Waals surface area contributed by atoms with Crippen molar-refractivity contribution in [2.24, 2.45) is 22.7 Å². The molecule has 6 heteroatoms. The van der Waals surface area contributed by atoms with Gasteiger partial charge in [0, 0.05) is 58.5 Å². The van der Waals surface area contributed by atoms with Gasteiger partial charge in [-0.15, -0.1) is 41.0 Å². The monoisotopic (exact) mass is 856 g/mol. The maximum absolute atomic E-state index is 11.7. The van der Waals surface area contributed by atoms with Crippen LogP contribution in [0.25, 0.3) is 42.3 Å². The van der Waals surface area contributed by atoms with Gasteiger partial charge in [0.25, 0.3) is 0 Å². The van der Waals surface area contributed by atoms with E-state index >= 15 is 0 Å². The van der Waals surface area contributed by atoms with E-state index in [1.807, 2.05) is 27.7 Å². The zero-order valence-corrected chi connectivity index (χ0v) is 34.4. The third kappa shape index (κ3) is 10.8. The van der Waals surface area contributed by atoms with Crippen LogP contribution >= 0.6 is 11.3 Å². The van der Waals surface area contributed by atoms with Crippen molar-refractivity contribution >= 4 is 48.2 Å². The molecule has 0 aliphatic rings. The average Bonchev–Trinajstić information content (AvgIpc) is 3.38. The second-order valence-corrected chi connectivity index (χ2v) is 16.7. The Morgan fingerprint density at radius 2 is 1.39 bits per heavy atom. The van der Waals surface area contributed by atoms with Gasteiger partial charge in [0.2, 0.25) is 0 Å². The van der Waals surface area contributed by atoms with E-state index in [9.17, 15) is 9.90 Å². The molecule has 2 aromatic heterocycles. The summed E-state index contributed by atoms with van der Waals surface area (Å²) in [6.07, 6.45) is 8.71. The molecule has 0 atom stereocenters. The Morgan fingerprint density at radius 3 is 1.98 bits per heavy atom. The van der Waals surface area contributed by atoms with E-state index < -0.39 is 0 Å². The number of carbonyl (C=O) groups excluding carboxylic acids is 1. The molecule has 3 aromatic carbocycles. The number of thiophene rings is 1. The Balaban J connectivity index is 0.000000347. The third-order valence-electron chi connectivity index (χ3n) is 8.94. The number of hydrogen-bond acceptors (Lipinski definition) is 5. The average molecular weight is 856 g/mol. The molecule has 2 heterocycles. The number of allylic oxidation sites excluding steroid dienone is 2. The van der Waals surface area contributed by atoms with Gasteiger partial charge >= 0.3 is 0 Å². The first-order chi connectivity index (χ1) is 22.7. The summed E-state index contributed by atoms with van der Waals surface area (Å²) in [5.41, 5.74) is 6.29. The first-order valence-corrected chi connectivity index (χ1v) is 18.5. The van der Waals surface area contributed by atoms with Crippen LogP contribution in [0.1, 0.15) is 106 Å². The maximum Gasteiger partial charge on any atom is 0.162 e. The number of carbonyl (C=O) groups is 1. The fourth-order valence-corrected chi connectivity index (χ4v) is 7.61. The number of rotatable bonds is 10. The molecule has 0 saturated carbocycles. The number of fused-ring (bicyclic) bond motifs is 4. The number of nitrogens with zero attached hydrogens (tertiary/aromatic N) is 2. The smallest absolute Gasteiger partial charge is 0.162 e. The van der Waals surface area contributed by atoms with Crippen molar-refractivity contribution in [2.75, 3.05) is 0 Å². The van der Waals surface area contributed by atoms with Crippen molar-refractivity contribution in [3.8, 4) is 11.3 Å². The van der Waals surface area contributed by atoms with E-state index in [0.717, 1.165) is 65.4 Å². The number of benzene rings is 3. The van der Waals surface area contributed by atoms with E-state index in [0.29, 0.717) is 0 Å². The number of aliphatic hydroxyl groups is 1. The summed E-state index contributed by atoms with van der Waals surface area (Å²) in [5, 5.41) is 13.3. The number of ketones is 1. The van der Waals surface area contributed by atoms with Gasteiger partial charge in [0.05, 0.1) is 11.3 Å². The summed E-state index contributed by atoms with van der Waals surface area (Å²) in [4.78, 5) is 21.1. The molecule has 5 aromatic rings. The Hall–Kier alpha value is -2.92. The Labute approximate surface area is 312 Å². The second-order valence-electron chi connectivity index (χ2n) is 15.6. The topological polar surface area (TPSA) is 63.1 Å². The molecule has 0 unspecified atom stereocenters. The minimum absolute atomic E-state index is 0. The van der Waals surface area contributed by atoms with Gasteiger partial charge in [-0.2, -0.15) is 0 Å². The maximum atomic E-state index is 11.7. The fraction of sp³-hybridized carbons (Fsp3) is 0.465. The molecule has 0 spiro atoms. The molecule has 0 bridgehead atoms. The minimum atomic E-state index is 0. The van der Waals surface area contributed by atoms with E-state index in [2.05, 4.69) is 101 Å². The zero-order chi connectivity index (χ0) is 35.2. The van der Waals surface area contributed by atoms with Gasteiger partial charge in [-0.1, -0.05) is 110 Å². The third-order valence-corrected chi connectivity index (χ3v) is 10.1. The summed E-state index contributed by atoms with van der Waals surface area (Å²) in [5.74, 6) is 0.547. The zero-order valence-electron chi connectivity index (χ0n) is 31.2. The van der Waals surface area contributed by atoms with Gasteiger partial charge in [0.15, 0.2) is 5.78 Å². The molecule has 265 valence electrons. The van der Waals surface area contributed by atoms with Crippen LogP contribution in [0.2, 0.25) is 0 Å². The van der Waals surface area contributed by atoms with Gasteiger partial charge in [-0.3, -0.25) is 9.78 Å². The number of hydrogen-bond donors (Lipinski definition) is 1. The molecule has 0 aliphatic carbocycles. The van der Waals surface area contributed by atoms with Gasteiger partial charge in [-0.25, -0.2) is 4.98 Å². The SMILES string of the molecule is CC(C)(C)Cc1ccc2ccc(-c3ncnc4c3sc3cc(CC(C)(C)C)ccc34)[c-]c2c1.CCC(CC)C(=O)/C=C(\O)C(CC)CC.[Ir]. The van der Waals surface area contributed by atoms with Crippen molar-refractivity contribution < 1.29 is 30.0 Å². The molecular formula is C43H55IrN2O2S-. The molecule has 0 fully saturated rings. The van der Waals surface area contributed by atoms with Crippen molar-refractivity contribution in [2.45, 2.75) is 108 Å². The Kier molecular flexibility index (Phi) is 14.3. The van der Waals surface area contributed by atoms with Crippen LogP contribution in [0, 0.1) is 28.7 Å². The van der Waals surface area contributed by atoms with Gasteiger partial charge in [0.1, 0.15) is 6.33 Å². The molecule has 49 heavy (non-hydrogen) atoms.